The number of nitrogens with one attached hydrogen (secondary N) is 1. The Hall–Kier alpha value is -2.68. The minimum atomic E-state index is 0.00196. The van der Waals surface area contributed by atoms with E-state index in [1.807, 2.05) is 30.3 Å². The standard InChI is InChI=1S/C21H20N2O/c1-13-7-10-16(14(2)11-13)20-12-18(21(24)22-15-8-9-15)17-5-3-4-6-19(17)23-20/h3-7,10-12,15H,8-9H2,1-2H3,(H,22,24). The van der Waals surface area contributed by atoms with Gasteiger partial charge in [-0.1, -0.05) is 42.0 Å². The van der Waals surface area contributed by atoms with Gasteiger partial charge in [0.05, 0.1) is 16.8 Å². The molecule has 0 aliphatic heterocycles. The van der Waals surface area contributed by atoms with Crippen LogP contribution in [-0.4, -0.2) is 16.9 Å². The zero-order valence-electron chi connectivity index (χ0n) is 14.0. The van der Waals surface area contributed by atoms with Gasteiger partial charge in [0, 0.05) is 17.0 Å². The molecule has 0 saturated heterocycles. The Morgan fingerprint density at radius 3 is 2.62 bits per heavy atom. The summed E-state index contributed by atoms with van der Waals surface area (Å²) in [5.74, 6) is 0.00196. The van der Waals surface area contributed by atoms with Crippen molar-refractivity contribution >= 4 is 16.8 Å². The number of aromatic nitrogens is 1. The zero-order chi connectivity index (χ0) is 16.7. The molecular weight excluding hydrogens is 296 g/mol. The molecule has 1 N–H and O–H groups in total. The second-order valence-corrected chi connectivity index (χ2v) is 6.64. The maximum atomic E-state index is 12.7. The molecule has 0 bridgehead atoms. The molecular formula is C21H20N2O. The number of nitrogens with zero attached hydrogens (tertiary/aromatic N) is 1. The maximum absolute atomic E-state index is 12.7. The van der Waals surface area contributed by atoms with Gasteiger partial charge in [-0.2, -0.15) is 0 Å². The van der Waals surface area contributed by atoms with Crippen LogP contribution in [0.25, 0.3) is 22.2 Å². The van der Waals surface area contributed by atoms with Crippen molar-refractivity contribution in [3.05, 3.63) is 65.2 Å². The second-order valence-electron chi connectivity index (χ2n) is 6.64. The number of hydrogen-bond donors (Lipinski definition) is 1. The number of benzene rings is 2. The van der Waals surface area contributed by atoms with Crippen molar-refractivity contribution in [3.63, 3.8) is 0 Å². The average Bonchev–Trinajstić information content (AvgIpc) is 3.37. The Balaban J connectivity index is 1.88. The molecule has 3 heteroatoms. The van der Waals surface area contributed by atoms with Gasteiger partial charge in [-0.3, -0.25) is 4.79 Å². The summed E-state index contributed by atoms with van der Waals surface area (Å²) in [6.45, 7) is 4.17. The number of carbonyl (C=O) groups excluding carboxylic acids is 1. The lowest BCUT2D eigenvalue weighted by Gasteiger charge is -2.12. The maximum Gasteiger partial charge on any atom is 0.252 e. The highest BCUT2D eigenvalue weighted by molar-refractivity contribution is 6.07. The second kappa shape index (κ2) is 5.75. The molecule has 3 nitrogen and oxygen atoms in total. The predicted molar refractivity (Wildman–Crippen MR) is 97.1 cm³/mol. The predicted octanol–water partition coefficient (Wildman–Crippen LogP) is 4.41. The number of amides is 1. The Bertz CT molecular complexity index is 942. The Kier molecular flexibility index (Phi) is 3.57. The first-order chi connectivity index (χ1) is 11.6. The van der Waals surface area contributed by atoms with Crippen LogP contribution in [0.15, 0.2) is 48.5 Å². The van der Waals surface area contributed by atoms with Gasteiger partial charge >= 0.3 is 0 Å². The molecule has 1 aliphatic carbocycles. The monoisotopic (exact) mass is 316 g/mol. The van der Waals surface area contributed by atoms with E-state index in [2.05, 4.69) is 37.4 Å². The highest BCUT2D eigenvalue weighted by Gasteiger charge is 2.25. The third kappa shape index (κ3) is 2.78. The van der Waals surface area contributed by atoms with E-state index >= 15 is 0 Å². The van der Waals surface area contributed by atoms with Gasteiger partial charge in [-0.25, -0.2) is 4.98 Å². The summed E-state index contributed by atoms with van der Waals surface area (Å²) in [4.78, 5) is 17.5. The zero-order valence-corrected chi connectivity index (χ0v) is 14.0. The summed E-state index contributed by atoms with van der Waals surface area (Å²) in [6, 6.07) is 16.4. The normalized spacial score (nSPS) is 13.9. The summed E-state index contributed by atoms with van der Waals surface area (Å²) in [5, 5.41) is 4.00. The number of hydrogen-bond acceptors (Lipinski definition) is 2. The van der Waals surface area contributed by atoms with Crippen LogP contribution in [0, 0.1) is 13.8 Å². The molecule has 1 aliphatic rings. The van der Waals surface area contributed by atoms with Crippen LogP contribution in [-0.2, 0) is 0 Å². The van der Waals surface area contributed by atoms with Crippen LogP contribution in [0.4, 0.5) is 0 Å². The number of pyridine rings is 1. The fourth-order valence-electron chi connectivity index (χ4n) is 3.09. The molecule has 0 atom stereocenters. The lowest BCUT2D eigenvalue weighted by atomic mass is 9.99. The van der Waals surface area contributed by atoms with Crippen molar-refractivity contribution in [2.75, 3.05) is 0 Å². The number of aryl methyl sites for hydroxylation is 2. The fraction of sp³-hybridized carbons (Fsp3) is 0.238. The first kappa shape index (κ1) is 14.9. The molecule has 120 valence electrons. The molecule has 1 aromatic heterocycles. The molecule has 0 unspecified atom stereocenters. The molecule has 4 rings (SSSR count). The fourth-order valence-corrected chi connectivity index (χ4v) is 3.09. The van der Waals surface area contributed by atoms with Gasteiger partial charge in [0.1, 0.15) is 0 Å². The SMILES string of the molecule is Cc1ccc(-c2cc(C(=O)NC3CC3)c3ccccc3n2)c(C)c1. The Labute approximate surface area is 141 Å². The Morgan fingerprint density at radius 1 is 1.08 bits per heavy atom. The van der Waals surface area contributed by atoms with E-state index in [4.69, 9.17) is 4.98 Å². The van der Waals surface area contributed by atoms with Crippen molar-refractivity contribution in [3.8, 4) is 11.3 Å². The van der Waals surface area contributed by atoms with Crippen molar-refractivity contribution < 1.29 is 4.79 Å². The van der Waals surface area contributed by atoms with Crippen molar-refractivity contribution in [1.82, 2.24) is 10.3 Å². The summed E-state index contributed by atoms with van der Waals surface area (Å²) >= 11 is 0. The van der Waals surface area contributed by atoms with E-state index in [1.54, 1.807) is 0 Å². The number of fused-ring (bicyclic) bond motifs is 1. The van der Waals surface area contributed by atoms with Crippen LogP contribution < -0.4 is 5.32 Å². The van der Waals surface area contributed by atoms with Crippen LogP contribution in [0.2, 0.25) is 0 Å². The number of rotatable bonds is 3. The quantitative estimate of drug-likeness (QED) is 0.777. The number of carbonyl (C=O) groups is 1. The minimum Gasteiger partial charge on any atom is -0.349 e. The largest absolute Gasteiger partial charge is 0.349 e. The van der Waals surface area contributed by atoms with E-state index < -0.39 is 0 Å². The highest BCUT2D eigenvalue weighted by atomic mass is 16.1. The van der Waals surface area contributed by atoms with E-state index in [0.717, 1.165) is 35.0 Å². The van der Waals surface area contributed by atoms with Crippen LogP contribution in [0.3, 0.4) is 0 Å². The highest BCUT2D eigenvalue weighted by Crippen LogP contribution is 2.28. The lowest BCUT2D eigenvalue weighted by Crippen LogP contribution is -2.25. The lowest BCUT2D eigenvalue weighted by molar-refractivity contribution is 0.0952. The van der Waals surface area contributed by atoms with E-state index in [1.165, 1.54) is 11.1 Å². The van der Waals surface area contributed by atoms with Gasteiger partial charge < -0.3 is 5.32 Å². The van der Waals surface area contributed by atoms with E-state index in [0.29, 0.717) is 11.6 Å². The summed E-state index contributed by atoms with van der Waals surface area (Å²) in [7, 11) is 0. The molecule has 0 radical (unpaired) electrons. The van der Waals surface area contributed by atoms with Crippen LogP contribution in [0.1, 0.15) is 34.3 Å². The molecule has 1 saturated carbocycles. The van der Waals surface area contributed by atoms with Crippen LogP contribution in [0.5, 0.6) is 0 Å². The van der Waals surface area contributed by atoms with Crippen molar-refractivity contribution in [2.45, 2.75) is 32.7 Å². The topological polar surface area (TPSA) is 42.0 Å². The molecule has 2 aromatic carbocycles. The summed E-state index contributed by atoms with van der Waals surface area (Å²) < 4.78 is 0. The first-order valence-corrected chi connectivity index (χ1v) is 8.40. The molecule has 1 fully saturated rings. The van der Waals surface area contributed by atoms with Gasteiger partial charge in [-0.05, 0) is 44.4 Å². The Morgan fingerprint density at radius 2 is 1.88 bits per heavy atom. The summed E-state index contributed by atoms with van der Waals surface area (Å²) in [5.41, 5.74) is 5.90. The average molecular weight is 316 g/mol. The molecule has 1 heterocycles. The smallest absolute Gasteiger partial charge is 0.252 e. The third-order valence-corrected chi connectivity index (χ3v) is 4.53. The van der Waals surface area contributed by atoms with Crippen molar-refractivity contribution in [2.24, 2.45) is 0 Å². The summed E-state index contributed by atoms with van der Waals surface area (Å²) in [6.07, 6.45) is 2.16. The van der Waals surface area contributed by atoms with Gasteiger partial charge in [0.15, 0.2) is 0 Å². The van der Waals surface area contributed by atoms with E-state index in [-0.39, 0.29) is 5.91 Å². The van der Waals surface area contributed by atoms with Gasteiger partial charge in [0.2, 0.25) is 0 Å². The van der Waals surface area contributed by atoms with Gasteiger partial charge in [-0.15, -0.1) is 0 Å². The van der Waals surface area contributed by atoms with E-state index in [9.17, 15) is 4.79 Å². The number of para-hydroxylation sites is 1. The van der Waals surface area contributed by atoms with Gasteiger partial charge in [0.25, 0.3) is 5.91 Å². The molecule has 0 spiro atoms. The minimum absolute atomic E-state index is 0.00196. The third-order valence-electron chi connectivity index (χ3n) is 4.53. The first-order valence-electron chi connectivity index (χ1n) is 8.40. The molecule has 1 amide bonds. The van der Waals surface area contributed by atoms with Crippen molar-refractivity contribution in [1.29, 1.82) is 0 Å². The molecule has 24 heavy (non-hydrogen) atoms. The van der Waals surface area contributed by atoms with Crippen LogP contribution >= 0.6 is 0 Å². The molecule has 3 aromatic rings.